The lowest BCUT2D eigenvalue weighted by atomic mass is 10.0. The number of nitrogens with two attached hydrogens (primary N) is 1. The molecule has 2 aromatic rings. The number of rotatable bonds is 1. The first kappa shape index (κ1) is 8.63. The molecule has 0 heterocycles. The third-order valence-corrected chi connectivity index (χ3v) is 2.06. The van der Waals surface area contributed by atoms with Gasteiger partial charge in [0.1, 0.15) is 5.75 Å². The van der Waals surface area contributed by atoms with Crippen molar-refractivity contribution in [3.05, 3.63) is 48.5 Å². The van der Waals surface area contributed by atoms with Crippen molar-refractivity contribution < 1.29 is 5.11 Å². The summed E-state index contributed by atoms with van der Waals surface area (Å²) >= 11 is 0. The van der Waals surface area contributed by atoms with Crippen LogP contribution >= 0.6 is 0 Å². The zero-order valence-corrected chi connectivity index (χ0v) is 7.57. The molecule has 0 amide bonds. The van der Waals surface area contributed by atoms with Crippen LogP contribution in [0, 0.1) is 6.07 Å². The maximum Gasteiger partial charge on any atom is 0.124 e. The summed E-state index contributed by atoms with van der Waals surface area (Å²) in [5, 5.41) is 9.60. The van der Waals surface area contributed by atoms with E-state index in [1.165, 1.54) is 0 Å². The normalized spacial score (nSPS) is 10.0. The molecule has 0 aliphatic rings. The minimum Gasteiger partial charge on any atom is -0.507 e. The molecular formula is C12H10NO. The van der Waals surface area contributed by atoms with Crippen molar-refractivity contribution in [1.82, 2.24) is 0 Å². The van der Waals surface area contributed by atoms with Crippen LogP contribution in [0.2, 0.25) is 0 Å². The molecule has 0 saturated heterocycles. The molecule has 69 valence electrons. The Bertz CT molecular complexity index is 408. The van der Waals surface area contributed by atoms with Gasteiger partial charge in [-0.05, 0) is 18.2 Å². The number of aromatic hydroxyl groups is 1. The van der Waals surface area contributed by atoms with Gasteiger partial charge < -0.3 is 10.8 Å². The van der Waals surface area contributed by atoms with E-state index in [1.807, 2.05) is 18.2 Å². The highest BCUT2D eigenvalue weighted by Gasteiger charge is 2.05. The van der Waals surface area contributed by atoms with Crippen LogP contribution in [0.3, 0.4) is 0 Å². The summed E-state index contributed by atoms with van der Waals surface area (Å²) in [7, 11) is 0. The van der Waals surface area contributed by atoms with Crippen molar-refractivity contribution in [2.75, 3.05) is 5.73 Å². The summed E-state index contributed by atoms with van der Waals surface area (Å²) in [5.74, 6) is 0.199. The van der Waals surface area contributed by atoms with Crippen LogP contribution < -0.4 is 5.73 Å². The van der Waals surface area contributed by atoms with Crippen LogP contribution in [-0.4, -0.2) is 5.11 Å². The lowest BCUT2D eigenvalue weighted by Crippen LogP contribution is -1.89. The molecule has 0 aromatic heterocycles. The summed E-state index contributed by atoms with van der Waals surface area (Å²) in [6.45, 7) is 0. The van der Waals surface area contributed by atoms with Crippen molar-refractivity contribution in [1.29, 1.82) is 0 Å². The van der Waals surface area contributed by atoms with Crippen LogP contribution in [-0.2, 0) is 0 Å². The van der Waals surface area contributed by atoms with E-state index in [-0.39, 0.29) is 5.75 Å². The van der Waals surface area contributed by atoms with Gasteiger partial charge >= 0.3 is 0 Å². The van der Waals surface area contributed by atoms with Gasteiger partial charge in [0.2, 0.25) is 0 Å². The number of para-hydroxylation sites is 1. The molecule has 2 aromatic carbocycles. The third-order valence-electron chi connectivity index (χ3n) is 2.06. The Balaban J connectivity index is 2.61. The fraction of sp³-hybridized carbons (Fsp3) is 0. The van der Waals surface area contributed by atoms with Crippen LogP contribution in [0.4, 0.5) is 5.69 Å². The van der Waals surface area contributed by atoms with Crippen LogP contribution in [0.15, 0.2) is 42.5 Å². The minimum absolute atomic E-state index is 0.199. The largest absolute Gasteiger partial charge is 0.507 e. The number of phenolic OH excluding ortho intramolecular Hbond substituents is 1. The zero-order chi connectivity index (χ0) is 9.97. The Labute approximate surface area is 82.6 Å². The van der Waals surface area contributed by atoms with Crippen LogP contribution in [0.1, 0.15) is 0 Å². The Hall–Kier alpha value is -1.96. The number of hydrogen-bond acceptors (Lipinski definition) is 2. The van der Waals surface area contributed by atoms with E-state index in [0.29, 0.717) is 11.3 Å². The summed E-state index contributed by atoms with van der Waals surface area (Å²) < 4.78 is 0. The van der Waals surface area contributed by atoms with Gasteiger partial charge in [0.25, 0.3) is 0 Å². The lowest BCUT2D eigenvalue weighted by molar-refractivity contribution is 0.477. The Morgan fingerprint density at radius 3 is 2.57 bits per heavy atom. The van der Waals surface area contributed by atoms with Crippen molar-refractivity contribution in [3.8, 4) is 16.9 Å². The number of anilines is 1. The van der Waals surface area contributed by atoms with E-state index in [2.05, 4.69) is 6.07 Å². The number of phenols is 1. The Kier molecular flexibility index (Phi) is 2.11. The van der Waals surface area contributed by atoms with E-state index in [1.54, 1.807) is 24.3 Å². The molecule has 2 nitrogen and oxygen atoms in total. The third kappa shape index (κ3) is 1.42. The van der Waals surface area contributed by atoms with Crippen molar-refractivity contribution in [3.63, 3.8) is 0 Å². The molecule has 2 rings (SSSR count). The first-order chi connectivity index (χ1) is 6.79. The number of hydrogen-bond donors (Lipinski definition) is 2. The molecule has 0 fully saturated rings. The molecule has 0 aliphatic carbocycles. The van der Waals surface area contributed by atoms with E-state index < -0.39 is 0 Å². The molecule has 1 radical (unpaired) electrons. The topological polar surface area (TPSA) is 46.2 Å². The number of benzene rings is 2. The molecule has 2 heteroatoms. The van der Waals surface area contributed by atoms with E-state index in [9.17, 15) is 5.11 Å². The molecule has 0 spiro atoms. The SMILES string of the molecule is Nc1ccccc1-c1[c]cccc1O. The van der Waals surface area contributed by atoms with Gasteiger partial charge in [0.15, 0.2) is 0 Å². The highest BCUT2D eigenvalue weighted by Crippen LogP contribution is 2.31. The quantitative estimate of drug-likeness (QED) is 0.668. The standard InChI is InChI=1S/C12H10NO/c13-11-7-3-1-5-9(11)10-6-2-4-8-12(10)14/h1-5,7-8,14H,13H2. The first-order valence-corrected chi connectivity index (χ1v) is 4.33. The fourth-order valence-corrected chi connectivity index (χ4v) is 1.37. The molecule has 0 unspecified atom stereocenters. The predicted octanol–water partition coefficient (Wildman–Crippen LogP) is 2.44. The van der Waals surface area contributed by atoms with Gasteiger partial charge in [-0.1, -0.05) is 30.3 Å². The van der Waals surface area contributed by atoms with Crippen molar-refractivity contribution >= 4 is 5.69 Å². The van der Waals surface area contributed by atoms with Gasteiger partial charge in [-0.25, -0.2) is 0 Å². The molecular weight excluding hydrogens is 174 g/mol. The molecule has 0 bridgehead atoms. The summed E-state index contributed by atoms with van der Waals surface area (Å²) in [4.78, 5) is 0. The summed E-state index contributed by atoms with van der Waals surface area (Å²) in [5.41, 5.74) is 7.89. The zero-order valence-electron chi connectivity index (χ0n) is 7.57. The van der Waals surface area contributed by atoms with Gasteiger partial charge in [-0.15, -0.1) is 0 Å². The molecule has 3 N–H and O–H groups in total. The van der Waals surface area contributed by atoms with Crippen LogP contribution in [0.5, 0.6) is 5.75 Å². The Morgan fingerprint density at radius 2 is 1.86 bits per heavy atom. The van der Waals surface area contributed by atoms with Gasteiger partial charge in [0, 0.05) is 16.8 Å². The van der Waals surface area contributed by atoms with Crippen molar-refractivity contribution in [2.45, 2.75) is 0 Å². The lowest BCUT2D eigenvalue weighted by Gasteiger charge is -2.06. The van der Waals surface area contributed by atoms with Gasteiger partial charge in [-0.3, -0.25) is 0 Å². The average molecular weight is 184 g/mol. The molecule has 0 saturated carbocycles. The van der Waals surface area contributed by atoms with Gasteiger partial charge in [0.05, 0.1) is 0 Å². The van der Waals surface area contributed by atoms with Crippen LogP contribution in [0.25, 0.3) is 11.1 Å². The monoisotopic (exact) mass is 184 g/mol. The summed E-state index contributed by atoms with van der Waals surface area (Å²) in [6.07, 6.45) is 0. The molecule has 14 heavy (non-hydrogen) atoms. The maximum atomic E-state index is 9.60. The minimum atomic E-state index is 0.199. The molecule has 0 atom stereocenters. The fourth-order valence-electron chi connectivity index (χ4n) is 1.37. The van der Waals surface area contributed by atoms with E-state index in [0.717, 1.165) is 5.56 Å². The number of nitrogen functional groups attached to an aromatic ring is 1. The summed E-state index contributed by atoms with van der Waals surface area (Å²) in [6, 6.07) is 15.5. The smallest absolute Gasteiger partial charge is 0.124 e. The highest BCUT2D eigenvalue weighted by atomic mass is 16.3. The second-order valence-electron chi connectivity index (χ2n) is 3.02. The van der Waals surface area contributed by atoms with Gasteiger partial charge in [-0.2, -0.15) is 0 Å². The second-order valence-corrected chi connectivity index (χ2v) is 3.02. The maximum absolute atomic E-state index is 9.60. The second kappa shape index (κ2) is 3.42. The Morgan fingerprint density at radius 1 is 1.07 bits per heavy atom. The molecule has 0 aliphatic heterocycles. The van der Waals surface area contributed by atoms with E-state index in [4.69, 9.17) is 5.73 Å². The predicted molar refractivity (Wildman–Crippen MR) is 56.8 cm³/mol. The van der Waals surface area contributed by atoms with Crippen molar-refractivity contribution in [2.24, 2.45) is 0 Å². The highest BCUT2D eigenvalue weighted by molar-refractivity contribution is 5.79. The van der Waals surface area contributed by atoms with E-state index >= 15 is 0 Å². The first-order valence-electron chi connectivity index (χ1n) is 4.33. The average Bonchev–Trinajstić information content (AvgIpc) is 2.20.